The minimum atomic E-state index is -5.08. The molecule has 2 aliphatic rings. The average Bonchev–Trinajstić information content (AvgIpc) is 0.811. The maximum absolute atomic E-state index is 15.8. The normalized spacial score (nSPS) is 23.2. The van der Waals surface area contributed by atoms with Crippen LogP contribution in [0.25, 0.3) is 0 Å². The number of carboxylic acid groups (broad SMARTS) is 1. The number of aliphatic carboxylic acids is 1. The van der Waals surface area contributed by atoms with Crippen LogP contribution < -0.4 is 75.7 Å². The summed E-state index contributed by atoms with van der Waals surface area (Å²) >= 11 is 0. The quantitative estimate of drug-likeness (QED) is 0.0227. The first-order valence-electron chi connectivity index (χ1n) is 36.5. The minimum Gasteiger partial charge on any atom is -0.475 e. The van der Waals surface area contributed by atoms with Gasteiger partial charge in [0.1, 0.15) is 60.0 Å². The van der Waals surface area contributed by atoms with Gasteiger partial charge in [0, 0.05) is 6.54 Å². The van der Waals surface area contributed by atoms with Crippen molar-refractivity contribution in [3.63, 3.8) is 0 Å². The standard InChI is InChI=1S/C70H109N15O19.C2HF3O2/c1-11-38(6)49-63(97)83-50(39(7)87)62(96)75-34-48(88)81-52(55(90)57(71)91)65(99)79-47(35-86)67(101)103-56(42-26-19-14-20-27-42)53(66(100)84-51(54(89)37(4)5)64(98)78-45(32-36(2)3)60(94)76-43(58(92)82-49)28-21-31-74-68(72)73)85-59(93)44(30-29-40-22-15-12-16-23-40)77-61(95)46(33-41-24-17-13-18-25-41)80-69(102)104-70(8,9)10;3-2(4,5)1(6)7/h12,14-16,19-20,22-23,26-27,36-39,41,43-47,49-56,86-87,89-90H,11,13,17-18,21,24-25,28-35H2,1-10H3,(H2,71,91)(H,75,96)(H,76,94)(H,77,95)(H,78,98)(H,79,99)(H,80,102)(H,81,88)(H,82,92)(H,83,97)(H,84,100)(H,85,93)(H4,72,73,74);(H,6,7)/t38-,39-,43+,44-,45-,46-,47-,49-,50-,51-,52-,53-,54+,55-,56+;/m0./s1. The van der Waals surface area contributed by atoms with E-state index in [9.17, 15) is 81.5 Å². The number of halogens is 3. The van der Waals surface area contributed by atoms with E-state index in [1.807, 2.05) is 5.32 Å². The van der Waals surface area contributed by atoms with Gasteiger partial charge in [-0.2, -0.15) is 13.2 Å². The molecule has 36 nitrogen and oxygen atoms in total. The molecule has 15 atom stereocenters. The fourth-order valence-corrected chi connectivity index (χ4v) is 11.6. The maximum atomic E-state index is 15.8. The number of aliphatic hydroxyl groups is 4. The molecule has 22 N–H and O–H groups in total. The predicted octanol–water partition coefficient (Wildman–Crippen LogP) is -1.72. The second-order valence-electron chi connectivity index (χ2n) is 29.0. The maximum Gasteiger partial charge on any atom is 0.490 e. The van der Waals surface area contributed by atoms with Crippen LogP contribution in [0.5, 0.6) is 0 Å². The number of hydrogen-bond donors (Lipinski definition) is 19. The number of aryl methyl sites for hydroxylation is 1. The number of rotatable bonds is 25. The number of cyclic esters (lactones) is 1. The summed E-state index contributed by atoms with van der Waals surface area (Å²) in [4.78, 5) is 200. The molecule has 0 unspecified atom stereocenters. The molecule has 0 aromatic heterocycles. The highest BCUT2D eigenvalue weighted by Crippen LogP contribution is 2.29. The number of nitrogens with zero attached hydrogens (tertiary/aromatic N) is 1. The van der Waals surface area contributed by atoms with Gasteiger partial charge < -0.3 is 111 Å². The second-order valence-corrected chi connectivity index (χ2v) is 29.0. The van der Waals surface area contributed by atoms with Crippen LogP contribution in [0.3, 0.4) is 0 Å². The van der Waals surface area contributed by atoms with Crippen molar-refractivity contribution >= 4 is 89.0 Å². The number of amides is 12. The number of benzene rings is 2. The van der Waals surface area contributed by atoms with Crippen molar-refractivity contribution in [2.45, 2.75) is 243 Å². The molecule has 12 amide bonds. The zero-order valence-electron chi connectivity index (χ0n) is 63.9. The molecule has 1 saturated carbocycles. The highest BCUT2D eigenvalue weighted by atomic mass is 19.4. The smallest absolute Gasteiger partial charge is 0.475 e. The molecule has 1 aliphatic heterocycles. The molecule has 39 heteroatoms. The fraction of sp³-hybridized carbons (Fsp3) is 0.625. The van der Waals surface area contributed by atoms with Crippen LogP contribution in [-0.2, 0) is 78.2 Å². The van der Waals surface area contributed by atoms with Crippen LogP contribution in [0.15, 0.2) is 65.7 Å². The van der Waals surface area contributed by atoms with Crippen molar-refractivity contribution in [3.05, 3.63) is 71.8 Å². The summed E-state index contributed by atoms with van der Waals surface area (Å²) in [6.45, 7) is 13.1. The van der Waals surface area contributed by atoms with E-state index in [-0.39, 0.29) is 68.9 Å². The Bertz CT molecular complexity index is 3490. The van der Waals surface area contributed by atoms with Gasteiger partial charge in [-0.15, -0.1) is 0 Å². The number of aliphatic imine (C=N–C) groups is 1. The molecular formula is C72H110F3N15O21. The number of alkyl halides is 3. The first-order valence-corrected chi connectivity index (χ1v) is 36.5. The summed E-state index contributed by atoms with van der Waals surface area (Å²) in [5, 5.41) is 78.9. The molecule has 1 heterocycles. The molecule has 111 heavy (non-hydrogen) atoms. The molecule has 0 spiro atoms. The van der Waals surface area contributed by atoms with Gasteiger partial charge in [-0.1, -0.05) is 141 Å². The van der Waals surface area contributed by atoms with Gasteiger partial charge in [0.25, 0.3) is 0 Å². The largest absolute Gasteiger partial charge is 0.490 e. The number of primary amides is 1. The van der Waals surface area contributed by atoms with Gasteiger partial charge >= 0.3 is 24.2 Å². The van der Waals surface area contributed by atoms with Crippen molar-refractivity contribution in [3.8, 4) is 0 Å². The number of carboxylic acids is 1. The van der Waals surface area contributed by atoms with Gasteiger partial charge in [0.2, 0.25) is 65.0 Å². The Kier molecular flexibility index (Phi) is 39.1. The number of guanidine groups is 1. The van der Waals surface area contributed by atoms with E-state index in [4.69, 9.17) is 36.6 Å². The molecule has 0 bridgehead atoms. The summed E-state index contributed by atoms with van der Waals surface area (Å²) in [5.41, 5.74) is 16.2. The molecule has 1 aliphatic carbocycles. The first-order chi connectivity index (χ1) is 51.9. The predicted molar refractivity (Wildman–Crippen MR) is 392 cm³/mol. The number of carbonyl (C=O) groups is 14. The number of nitrogens with one attached hydrogen (secondary N) is 11. The molecule has 620 valence electrons. The van der Waals surface area contributed by atoms with Crippen LogP contribution in [0, 0.1) is 23.7 Å². The Hall–Kier alpha value is -10.3. The van der Waals surface area contributed by atoms with E-state index >= 15 is 14.4 Å². The SMILES string of the molecule is CC[C@H](C)[C@@H]1NC(=O)[C@@H](CCCN=C(N)N)NC(=O)[C@H](CC(C)C)NC(=O)[C@H]([C@H](O)C(C)C)NC(=O)[C@@H](NC(=O)[C@H](CCc2ccccc2)NC(=O)[C@H](CC2CCCCC2)NC(=O)OC(C)(C)C)[C@@H](c2ccccc2)OC(=O)[C@H](CO)NC(=O)[C@H]([C@H](O)C(N)=O)NC(=O)CNC(=O)[C@H]([C@H](C)O)NC1=O.O=C(O)C(F)(F)F. The molecule has 1 saturated heterocycles. The number of nitrogens with two attached hydrogens (primary N) is 3. The number of aliphatic hydroxyl groups excluding tert-OH is 4. The van der Waals surface area contributed by atoms with Crippen molar-refractivity contribution < 1.29 is 115 Å². The van der Waals surface area contributed by atoms with E-state index < -0.39 is 211 Å². The summed E-state index contributed by atoms with van der Waals surface area (Å²) in [6.07, 6.45) is -10.3. The van der Waals surface area contributed by atoms with Crippen molar-refractivity contribution in [2.24, 2.45) is 45.9 Å². The summed E-state index contributed by atoms with van der Waals surface area (Å²) < 4.78 is 43.4. The van der Waals surface area contributed by atoms with Gasteiger partial charge in [0.15, 0.2) is 24.2 Å². The van der Waals surface area contributed by atoms with Crippen molar-refractivity contribution in [1.82, 2.24) is 58.5 Å². The number of hydrogen-bond acceptors (Lipinski definition) is 21. The average molecular weight is 1580 g/mol. The summed E-state index contributed by atoms with van der Waals surface area (Å²) in [6, 6.07) is -2.74. The third-order valence-corrected chi connectivity index (χ3v) is 17.8. The Balaban J connectivity index is 0.00000433. The molecule has 2 fully saturated rings. The molecular weight excluding hydrogens is 1470 g/mol. The lowest BCUT2D eigenvalue weighted by Crippen LogP contribution is -2.64. The Labute approximate surface area is 640 Å². The number of ether oxygens (including phenoxy) is 2. The fourth-order valence-electron chi connectivity index (χ4n) is 11.6. The minimum absolute atomic E-state index is 0.0289. The van der Waals surface area contributed by atoms with Gasteiger partial charge in [0.05, 0.1) is 25.4 Å². The third-order valence-electron chi connectivity index (χ3n) is 17.8. The second kappa shape index (κ2) is 45.8. The zero-order valence-corrected chi connectivity index (χ0v) is 63.9. The van der Waals surface area contributed by atoms with Crippen LogP contribution in [0.2, 0.25) is 0 Å². The van der Waals surface area contributed by atoms with Gasteiger partial charge in [-0.05, 0) is 101 Å². The lowest BCUT2D eigenvalue weighted by atomic mass is 9.84. The Morgan fingerprint density at radius 3 is 1.72 bits per heavy atom. The highest BCUT2D eigenvalue weighted by Gasteiger charge is 2.45. The molecule has 2 aromatic carbocycles. The van der Waals surface area contributed by atoms with Crippen LogP contribution >= 0.6 is 0 Å². The summed E-state index contributed by atoms with van der Waals surface area (Å²) in [5.74, 6) is -20.1. The van der Waals surface area contributed by atoms with E-state index in [2.05, 4.69) is 58.2 Å². The van der Waals surface area contributed by atoms with Crippen molar-refractivity contribution in [2.75, 3.05) is 19.7 Å². The molecule has 2 aromatic rings. The highest BCUT2D eigenvalue weighted by molar-refractivity contribution is 6.00. The zero-order chi connectivity index (χ0) is 83.8. The van der Waals surface area contributed by atoms with Crippen LogP contribution in [-0.4, -0.2) is 225 Å². The number of alkyl carbamates (subject to hydrolysis) is 1. The molecule has 4 rings (SSSR count). The first kappa shape index (κ1) is 94.9. The Morgan fingerprint density at radius 1 is 0.649 bits per heavy atom. The summed E-state index contributed by atoms with van der Waals surface area (Å²) in [7, 11) is 0. The van der Waals surface area contributed by atoms with E-state index in [1.165, 1.54) is 44.2 Å². The third kappa shape index (κ3) is 33.1. The van der Waals surface area contributed by atoms with Gasteiger partial charge in [-0.3, -0.25) is 57.7 Å². The van der Waals surface area contributed by atoms with Crippen LogP contribution in [0.1, 0.15) is 157 Å². The lowest BCUT2D eigenvalue weighted by Gasteiger charge is -2.34. The van der Waals surface area contributed by atoms with Crippen LogP contribution in [0.4, 0.5) is 18.0 Å². The lowest BCUT2D eigenvalue weighted by molar-refractivity contribution is -0.192. The van der Waals surface area contributed by atoms with Gasteiger partial charge in [-0.25, -0.2) is 14.4 Å². The number of carbonyl (C=O) groups excluding carboxylic acids is 13. The number of esters is 1. The van der Waals surface area contributed by atoms with E-state index in [1.54, 1.807) is 78.8 Å². The van der Waals surface area contributed by atoms with E-state index in [0.717, 1.165) is 39.0 Å². The van der Waals surface area contributed by atoms with E-state index in [0.29, 0.717) is 5.56 Å². The Morgan fingerprint density at radius 2 is 1.19 bits per heavy atom. The monoisotopic (exact) mass is 1580 g/mol. The van der Waals surface area contributed by atoms with Crippen molar-refractivity contribution in [1.29, 1.82) is 0 Å². The molecule has 0 radical (unpaired) electrons. The topological polar surface area (TPSA) is 581 Å².